The SMILES string of the molecule is CC(NC(=O)Nc1ccccn1)Oc1ccccc1C(C)C. The average Bonchev–Trinajstić information content (AvgIpc) is 2.48. The van der Waals surface area contributed by atoms with E-state index < -0.39 is 6.23 Å². The van der Waals surface area contributed by atoms with E-state index in [9.17, 15) is 4.79 Å². The Balaban J connectivity index is 1.93. The third kappa shape index (κ3) is 4.48. The van der Waals surface area contributed by atoms with E-state index >= 15 is 0 Å². The molecule has 22 heavy (non-hydrogen) atoms. The number of nitrogens with one attached hydrogen (secondary N) is 2. The summed E-state index contributed by atoms with van der Waals surface area (Å²) in [5.41, 5.74) is 1.11. The van der Waals surface area contributed by atoms with E-state index in [-0.39, 0.29) is 6.03 Å². The van der Waals surface area contributed by atoms with Crippen LogP contribution >= 0.6 is 0 Å². The lowest BCUT2D eigenvalue weighted by Gasteiger charge is -2.20. The first-order valence-corrected chi connectivity index (χ1v) is 7.30. The molecule has 0 saturated heterocycles. The number of hydrogen-bond acceptors (Lipinski definition) is 3. The fraction of sp³-hybridized carbons (Fsp3) is 0.294. The number of pyridine rings is 1. The highest BCUT2D eigenvalue weighted by Gasteiger charge is 2.12. The standard InChI is InChI=1S/C17H21N3O2/c1-12(2)14-8-4-5-9-15(14)22-13(3)19-17(21)20-16-10-6-7-11-18-16/h4-13H,1-3H3,(H2,18,19,20,21). The third-order valence-corrected chi connectivity index (χ3v) is 3.09. The van der Waals surface area contributed by atoms with Gasteiger partial charge in [0.2, 0.25) is 0 Å². The number of anilines is 1. The second-order valence-electron chi connectivity index (χ2n) is 5.27. The van der Waals surface area contributed by atoms with E-state index in [0.29, 0.717) is 11.7 Å². The summed E-state index contributed by atoms with van der Waals surface area (Å²) in [6.07, 6.45) is 1.16. The monoisotopic (exact) mass is 299 g/mol. The van der Waals surface area contributed by atoms with Crippen molar-refractivity contribution in [3.8, 4) is 5.75 Å². The lowest BCUT2D eigenvalue weighted by Crippen LogP contribution is -2.39. The normalized spacial score (nSPS) is 11.8. The first-order chi connectivity index (χ1) is 10.6. The lowest BCUT2D eigenvalue weighted by atomic mass is 10.0. The summed E-state index contributed by atoms with van der Waals surface area (Å²) >= 11 is 0. The molecule has 2 rings (SSSR count). The first-order valence-electron chi connectivity index (χ1n) is 7.30. The number of nitrogens with zero attached hydrogens (tertiary/aromatic N) is 1. The van der Waals surface area contributed by atoms with Crippen LogP contribution in [0.3, 0.4) is 0 Å². The van der Waals surface area contributed by atoms with Crippen molar-refractivity contribution in [1.82, 2.24) is 10.3 Å². The van der Waals surface area contributed by atoms with Gasteiger partial charge in [-0.15, -0.1) is 0 Å². The van der Waals surface area contributed by atoms with E-state index in [4.69, 9.17) is 4.74 Å². The molecule has 5 nitrogen and oxygen atoms in total. The molecule has 1 aromatic carbocycles. The molecule has 0 saturated carbocycles. The number of hydrogen-bond donors (Lipinski definition) is 2. The second kappa shape index (κ2) is 7.45. The van der Waals surface area contributed by atoms with Gasteiger partial charge < -0.3 is 10.1 Å². The Hall–Kier alpha value is -2.56. The number of urea groups is 1. The zero-order valence-electron chi connectivity index (χ0n) is 13.0. The topological polar surface area (TPSA) is 63.2 Å². The van der Waals surface area contributed by atoms with E-state index in [1.807, 2.05) is 24.3 Å². The summed E-state index contributed by atoms with van der Waals surface area (Å²) in [5.74, 6) is 1.63. The van der Waals surface area contributed by atoms with Crippen LogP contribution in [-0.4, -0.2) is 17.2 Å². The molecule has 0 aliphatic carbocycles. The third-order valence-electron chi connectivity index (χ3n) is 3.09. The molecule has 2 aromatic rings. The van der Waals surface area contributed by atoms with Crippen molar-refractivity contribution >= 4 is 11.8 Å². The molecular weight excluding hydrogens is 278 g/mol. The van der Waals surface area contributed by atoms with E-state index in [1.54, 1.807) is 31.3 Å². The van der Waals surface area contributed by atoms with Gasteiger partial charge in [0.05, 0.1) is 0 Å². The molecule has 0 aliphatic heterocycles. The molecular formula is C17H21N3O2. The Morgan fingerprint density at radius 1 is 1.09 bits per heavy atom. The largest absolute Gasteiger partial charge is 0.471 e. The zero-order chi connectivity index (χ0) is 15.9. The zero-order valence-corrected chi connectivity index (χ0v) is 13.0. The molecule has 0 radical (unpaired) electrons. The Kier molecular flexibility index (Phi) is 5.36. The Morgan fingerprint density at radius 3 is 2.50 bits per heavy atom. The van der Waals surface area contributed by atoms with Crippen molar-refractivity contribution in [3.63, 3.8) is 0 Å². The quantitative estimate of drug-likeness (QED) is 0.826. The maximum absolute atomic E-state index is 11.9. The van der Waals surface area contributed by atoms with Crippen molar-refractivity contribution in [2.75, 3.05) is 5.32 Å². The number of benzene rings is 1. The molecule has 116 valence electrons. The predicted molar refractivity (Wildman–Crippen MR) is 87.0 cm³/mol. The van der Waals surface area contributed by atoms with Crippen LogP contribution in [0, 0.1) is 0 Å². The highest BCUT2D eigenvalue weighted by Crippen LogP contribution is 2.26. The van der Waals surface area contributed by atoms with Gasteiger partial charge in [0, 0.05) is 6.20 Å². The number of carbonyl (C=O) groups is 1. The van der Waals surface area contributed by atoms with Gasteiger partial charge >= 0.3 is 6.03 Å². The maximum Gasteiger partial charge on any atom is 0.323 e. The van der Waals surface area contributed by atoms with E-state index in [2.05, 4.69) is 29.5 Å². The van der Waals surface area contributed by atoms with Crippen molar-refractivity contribution in [3.05, 3.63) is 54.2 Å². The number of amides is 2. The molecule has 1 heterocycles. The maximum atomic E-state index is 11.9. The molecule has 2 N–H and O–H groups in total. The molecule has 0 bridgehead atoms. The number of carbonyl (C=O) groups excluding carboxylic acids is 1. The van der Waals surface area contributed by atoms with Crippen LogP contribution in [0.1, 0.15) is 32.3 Å². The first kappa shape index (κ1) is 15.8. The van der Waals surface area contributed by atoms with Crippen LogP contribution in [0.15, 0.2) is 48.7 Å². The van der Waals surface area contributed by atoms with Gasteiger partial charge in [-0.3, -0.25) is 5.32 Å². The Bertz CT molecular complexity index is 614. The van der Waals surface area contributed by atoms with Gasteiger partial charge in [0.15, 0.2) is 6.23 Å². The van der Waals surface area contributed by atoms with Gasteiger partial charge in [0.25, 0.3) is 0 Å². The lowest BCUT2D eigenvalue weighted by molar-refractivity contribution is 0.181. The minimum atomic E-state index is -0.455. The van der Waals surface area contributed by atoms with Gasteiger partial charge in [-0.1, -0.05) is 38.1 Å². The van der Waals surface area contributed by atoms with Crippen molar-refractivity contribution < 1.29 is 9.53 Å². The summed E-state index contributed by atoms with van der Waals surface area (Å²) in [6, 6.07) is 12.8. The summed E-state index contributed by atoms with van der Waals surface area (Å²) in [7, 11) is 0. The summed E-state index contributed by atoms with van der Waals surface area (Å²) in [6.45, 7) is 6.00. The van der Waals surface area contributed by atoms with Crippen LogP contribution in [-0.2, 0) is 0 Å². The van der Waals surface area contributed by atoms with Crippen LogP contribution in [0.5, 0.6) is 5.75 Å². The number of aromatic nitrogens is 1. The molecule has 1 aromatic heterocycles. The van der Waals surface area contributed by atoms with Crippen LogP contribution < -0.4 is 15.4 Å². The highest BCUT2D eigenvalue weighted by atomic mass is 16.5. The molecule has 5 heteroatoms. The molecule has 0 aliphatic rings. The molecule has 1 unspecified atom stereocenters. The van der Waals surface area contributed by atoms with Gasteiger partial charge in [0.1, 0.15) is 11.6 Å². The number of rotatable bonds is 5. The minimum Gasteiger partial charge on any atom is -0.471 e. The van der Waals surface area contributed by atoms with Crippen molar-refractivity contribution in [2.45, 2.75) is 32.9 Å². The van der Waals surface area contributed by atoms with Crippen LogP contribution in [0.25, 0.3) is 0 Å². The van der Waals surface area contributed by atoms with Gasteiger partial charge in [-0.25, -0.2) is 9.78 Å². The smallest absolute Gasteiger partial charge is 0.323 e. The Morgan fingerprint density at radius 2 is 1.82 bits per heavy atom. The van der Waals surface area contributed by atoms with Crippen LogP contribution in [0.2, 0.25) is 0 Å². The molecule has 0 spiro atoms. The van der Waals surface area contributed by atoms with E-state index in [1.165, 1.54) is 0 Å². The summed E-state index contributed by atoms with van der Waals surface area (Å²) < 4.78 is 5.82. The predicted octanol–water partition coefficient (Wildman–Crippen LogP) is 3.75. The van der Waals surface area contributed by atoms with Gasteiger partial charge in [-0.2, -0.15) is 0 Å². The molecule has 2 amide bonds. The van der Waals surface area contributed by atoms with Crippen molar-refractivity contribution in [2.24, 2.45) is 0 Å². The summed E-state index contributed by atoms with van der Waals surface area (Å²) in [5, 5.41) is 5.39. The average molecular weight is 299 g/mol. The van der Waals surface area contributed by atoms with Crippen LogP contribution in [0.4, 0.5) is 10.6 Å². The number of para-hydroxylation sites is 1. The van der Waals surface area contributed by atoms with Crippen molar-refractivity contribution in [1.29, 1.82) is 0 Å². The molecule has 0 fully saturated rings. The summed E-state index contributed by atoms with van der Waals surface area (Å²) in [4.78, 5) is 15.9. The number of ether oxygens (including phenoxy) is 1. The molecule has 1 atom stereocenters. The fourth-order valence-electron chi connectivity index (χ4n) is 2.06. The van der Waals surface area contributed by atoms with E-state index in [0.717, 1.165) is 11.3 Å². The second-order valence-corrected chi connectivity index (χ2v) is 5.27. The minimum absolute atomic E-state index is 0.353. The fourth-order valence-corrected chi connectivity index (χ4v) is 2.06. The Labute approximate surface area is 130 Å². The highest BCUT2D eigenvalue weighted by molar-refractivity contribution is 5.88. The van der Waals surface area contributed by atoms with Gasteiger partial charge in [-0.05, 0) is 36.6 Å².